The van der Waals surface area contributed by atoms with E-state index in [9.17, 15) is 4.79 Å². The van der Waals surface area contributed by atoms with Crippen molar-refractivity contribution in [3.05, 3.63) is 0 Å². The highest BCUT2D eigenvalue weighted by Crippen LogP contribution is 2.25. The molecule has 2 aliphatic rings. The van der Waals surface area contributed by atoms with Gasteiger partial charge in [0, 0.05) is 18.6 Å². The van der Waals surface area contributed by atoms with E-state index in [0.29, 0.717) is 18.0 Å². The van der Waals surface area contributed by atoms with Gasteiger partial charge in [-0.25, -0.2) is 0 Å². The number of likely N-dealkylation sites (tertiary alicyclic amines) is 1. The van der Waals surface area contributed by atoms with Gasteiger partial charge in [0.15, 0.2) is 0 Å². The predicted octanol–water partition coefficient (Wildman–Crippen LogP) is 1.39. The monoisotopic (exact) mass is 210 g/mol. The van der Waals surface area contributed by atoms with Crippen molar-refractivity contribution in [2.75, 3.05) is 13.1 Å². The second kappa shape index (κ2) is 4.52. The average Bonchev–Trinajstić information content (AvgIpc) is 2.69. The van der Waals surface area contributed by atoms with Crippen LogP contribution in [0.25, 0.3) is 0 Å². The van der Waals surface area contributed by atoms with Crippen molar-refractivity contribution in [1.82, 2.24) is 10.2 Å². The quantitative estimate of drug-likeness (QED) is 0.709. The van der Waals surface area contributed by atoms with Crippen LogP contribution in [0.4, 0.5) is 0 Å². The molecule has 0 aromatic rings. The molecule has 0 aromatic carbocycles. The van der Waals surface area contributed by atoms with E-state index in [2.05, 4.69) is 24.1 Å². The molecule has 0 bridgehead atoms. The van der Waals surface area contributed by atoms with Crippen LogP contribution >= 0.6 is 0 Å². The fraction of sp³-hybridized carbons (Fsp3) is 0.917. The molecule has 0 aromatic heterocycles. The number of hydrogen-bond donors (Lipinski definition) is 1. The molecule has 1 amide bonds. The van der Waals surface area contributed by atoms with Gasteiger partial charge in [-0.15, -0.1) is 0 Å². The molecule has 2 rings (SSSR count). The lowest BCUT2D eigenvalue weighted by Crippen LogP contribution is -2.50. The summed E-state index contributed by atoms with van der Waals surface area (Å²) < 4.78 is 0. The summed E-state index contributed by atoms with van der Waals surface area (Å²) in [5, 5.41) is 3.27. The standard InChI is InChI=1S/C12H22N2O/c1-9-4-3-5-10(2)14(9)12(15)11-6-7-13-8-11/h9-11,13H,3-8H2,1-2H3/t9-,10+,11?. The van der Waals surface area contributed by atoms with E-state index >= 15 is 0 Å². The van der Waals surface area contributed by atoms with Crippen molar-refractivity contribution in [2.45, 2.75) is 51.6 Å². The second-order valence-electron chi connectivity index (χ2n) is 5.06. The third-order valence-corrected chi connectivity index (χ3v) is 3.86. The lowest BCUT2D eigenvalue weighted by Gasteiger charge is -2.40. The minimum atomic E-state index is 0.244. The van der Waals surface area contributed by atoms with Gasteiger partial charge in [0.1, 0.15) is 0 Å². The number of piperidine rings is 1. The number of amides is 1. The summed E-state index contributed by atoms with van der Waals surface area (Å²) in [5.74, 6) is 0.632. The Bertz CT molecular complexity index is 226. The molecule has 1 N–H and O–H groups in total. The number of nitrogens with zero attached hydrogens (tertiary/aromatic N) is 1. The highest BCUT2D eigenvalue weighted by Gasteiger charge is 2.34. The molecule has 3 atom stereocenters. The van der Waals surface area contributed by atoms with E-state index in [1.54, 1.807) is 0 Å². The number of carbonyl (C=O) groups is 1. The Morgan fingerprint density at radius 2 is 1.87 bits per heavy atom. The van der Waals surface area contributed by atoms with Crippen molar-refractivity contribution in [3.8, 4) is 0 Å². The van der Waals surface area contributed by atoms with Gasteiger partial charge in [0.2, 0.25) is 5.91 Å². The van der Waals surface area contributed by atoms with E-state index in [-0.39, 0.29) is 5.92 Å². The van der Waals surface area contributed by atoms with Crippen LogP contribution in [0, 0.1) is 5.92 Å². The zero-order valence-electron chi connectivity index (χ0n) is 9.83. The Kier molecular flexibility index (Phi) is 3.29. The zero-order valence-corrected chi connectivity index (χ0v) is 9.83. The predicted molar refractivity (Wildman–Crippen MR) is 60.6 cm³/mol. The molecule has 0 spiro atoms. The highest BCUT2D eigenvalue weighted by atomic mass is 16.2. The smallest absolute Gasteiger partial charge is 0.227 e. The van der Waals surface area contributed by atoms with Crippen LogP contribution in [0.15, 0.2) is 0 Å². The van der Waals surface area contributed by atoms with Crippen molar-refractivity contribution in [2.24, 2.45) is 5.92 Å². The van der Waals surface area contributed by atoms with Crippen LogP contribution in [0.3, 0.4) is 0 Å². The van der Waals surface area contributed by atoms with E-state index in [1.807, 2.05) is 0 Å². The first-order chi connectivity index (χ1) is 7.20. The van der Waals surface area contributed by atoms with Crippen molar-refractivity contribution in [3.63, 3.8) is 0 Å². The molecular weight excluding hydrogens is 188 g/mol. The fourth-order valence-corrected chi connectivity index (χ4v) is 2.93. The van der Waals surface area contributed by atoms with Crippen LogP contribution in [-0.2, 0) is 4.79 Å². The number of carbonyl (C=O) groups excluding carboxylic acids is 1. The maximum absolute atomic E-state index is 12.3. The lowest BCUT2D eigenvalue weighted by atomic mass is 9.95. The SMILES string of the molecule is C[C@@H]1CCC[C@H](C)N1C(=O)C1CCNC1. The summed E-state index contributed by atoms with van der Waals surface area (Å²) in [7, 11) is 0. The largest absolute Gasteiger partial charge is 0.337 e. The summed E-state index contributed by atoms with van der Waals surface area (Å²) in [6.07, 6.45) is 4.65. The molecule has 2 heterocycles. The molecule has 2 aliphatic heterocycles. The zero-order chi connectivity index (χ0) is 10.8. The Morgan fingerprint density at radius 3 is 2.40 bits per heavy atom. The van der Waals surface area contributed by atoms with Gasteiger partial charge in [-0.3, -0.25) is 4.79 Å². The average molecular weight is 210 g/mol. The molecule has 0 saturated carbocycles. The van der Waals surface area contributed by atoms with Gasteiger partial charge in [0.25, 0.3) is 0 Å². The van der Waals surface area contributed by atoms with Gasteiger partial charge in [-0.05, 0) is 46.1 Å². The van der Waals surface area contributed by atoms with Crippen LogP contribution < -0.4 is 5.32 Å². The number of nitrogens with one attached hydrogen (secondary N) is 1. The van der Waals surface area contributed by atoms with Gasteiger partial charge >= 0.3 is 0 Å². The summed E-state index contributed by atoms with van der Waals surface area (Å²) in [5.41, 5.74) is 0. The fourth-order valence-electron chi connectivity index (χ4n) is 2.93. The minimum absolute atomic E-state index is 0.244. The van der Waals surface area contributed by atoms with Crippen molar-refractivity contribution >= 4 is 5.91 Å². The van der Waals surface area contributed by atoms with Gasteiger partial charge in [0.05, 0.1) is 5.92 Å². The Balaban J connectivity index is 2.02. The first-order valence-electron chi connectivity index (χ1n) is 6.23. The molecule has 0 aliphatic carbocycles. The van der Waals surface area contributed by atoms with Crippen molar-refractivity contribution in [1.29, 1.82) is 0 Å². The van der Waals surface area contributed by atoms with Gasteiger partial charge in [-0.2, -0.15) is 0 Å². The van der Waals surface area contributed by atoms with Gasteiger partial charge < -0.3 is 10.2 Å². The maximum Gasteiger partial charge on any atom is 0.227 e. The van der Waals surface area contributed by atoms with Crippen molar-refractivity contribution < 1.29 is 4.79 Å². The molecule has 3 heteroatoms. The molecule has 0 radical (unpaired) electrons. The summed E-state index contributed by atoms with van der Waals surface area (Å²) in [6.45, 7) is 6.27. The Hall–Kier alpha value is -0.570. The topological polar surface area (TPSA) is 32.3 Å². The van der Waals surface area contributed by atoms with E-state index < -0.39 is 0 Å². The van der Waals surface area contributed by atoms with Crippen LogP contribution in [0.5, 0.6) is 0 Å². The van der Waals surface area contributed by atoms with Crippen LogP contribution in [0.1, 0.15) is 39.5 Å². The van der Waals surface area contributed by atoms with E-state index in [1.165, 1.54) is 19.3 Å². The number of rotatable bonds is 1. The van der Waals surface area contributed by atoms with E-state index in [4.69, 9.17) is 0 Å². The highest BCUT2D eigenvalue weighted by molar-refractivity contribution is 5.80. The summed E-state index contributed by atoms with van der Waals surface area (Å²) in [6, 6.07) is 0.892. The first kappa shape index (κ1) is 10.9. The Labute approximate surface area is 92.2 Å². The molecule has 1 unspecified atom stereocenters. The first-order valence-corrected chi connectivity index (χ1v) is 6.23. The third-order valence-electron chi connectivity index (χ3n) is 3.86. The summed E-state index contributed by atoms with van der Waals surface area (Å²) in [4.78, 5) is 14.4. The second-order valence-corrected chi connectivity index (χ2v) is 5.06. The molecular formula is C12H22N2O. The summed E-state index contributed by atoms with van der Waals surface area (Å²) >= 11 is 0. The third kappa shape index (κ3) is 2.17. The number of hydrogen-bond acceptors (Lipinski definition) is 2. The van der Waals surface area contributed by atoms with Crippen LogP contribution in [0.2, 0.25) is 0 Å². The molecule has 15 heavy (non-hydrogen) atoms. The normalized spacial score (nSPS) is 36.9. The lowest BCUT2D eigenvalue weighted by molar-refractivity contribution is -0.141. The maximum atomic E-state index is 12.3. The molecule has 3 nitrogen and oxygen atoms in total. The van der Waals surface area contributed by atoms with Gasteiger partial charge in [-0.1, -0.05) is 0 Å². The molecule has 2 fully saturated rings. The molecule has 2 saturated heterocycles. The minimum Gasteiger partial charge on any atom is -0.337 e. The van der Waals surface area contributed by atoms with E-state index in [0.717, 1.165) is 19.5 Å². The molecule has 86 valence electrons. The van der Waals surface area contributed by atoms with Crippen LogP contribution in [-0.4, -0.2) is 36.0 Å². The Morgan fingerprint density at radius 1 is 1.20 bits per heavy atom.